The van der Waals surface area contributed by atoms with Crippen molar-refractivity contribution in [1.82, 2.24) is 5.32 Å². The maximum absolute atomic E-state index is 11.8. The lowest BCUT2D eigenvalue weighted by molar-refractivity contribution is -0.941. The van der Waals surface area contributed by atoms with Gasteiger partial charge in [0, 0.05) is 5.02 Å². The van der Waals surface area contributed by atoms with Crippen LogP contribution in [-0.2, 0) is 4.79 Å². The monoisotopic (exact) mass is 327 g/mol. The van der Waals surface area contributed by atoms with Crippen LogP contribution in [0.2, 0.25) is 5.02 Å². The third-order valence-electron chi connectivity index (χ3n) is 3.72. The van der Waals surface area contributed by atoms with Gasteiger partial charge in [-0.3, -0.25) is 4.79 Å². The van der Waals surface area contributed by atoms with E-state index in [4.69, 9.17) is 16.3 Å². The van der Waals surface area contributed by atoms with E-state index in [1.807, 2.05) is 13.0 Å². The largest absolute Gasteiger partial charge is 0.484 e. The van der Waals surface area contributed by atoms with Gasteiger partial charge in [-0.05, 0) is 58.4 Å². The minimum atomic E-state index is -0.0977. The minimum Gasteiger partial charge on any atom is -0.484 e. The number of amides is 1. The average molecular weight is 328 g/mol. The molecule has 0 saturated heterocycles. The second-order valence-electron chi connectivity index (χ2n) is 6.18. The Bertz CT molecular complexity index is 482. The molecule has 0 spiro atoms. The molecule has 0 radical (unpaired) electrons. The number of hydrogen-bond donors (Lipinski definition) is 2. The standard InChI is InChI=1S/C17H27ClN2O2/c1-12(2)20(13(3)4)9-8-19-17(21)11-22-15-6-7-16(18)14(5)10-15/h6-7,10,12-13H,8-9,11H2,1-5H3,(H,19,21)/p+1. The first-order chi connectivity index (χ1) is 10.3. The van der Waals surface area contributed by atoms with Crippen LogP contribution in [0.15, 0.2) is 18.2 Å². The molecule has 2 N–H and O–H groups in total. The van der Waals surface area contributed by atoms with Crippen LogP contribution in [0.4, 0.5) is 0 Å². The lowest BCUT2D eigenvalue weighted by Crippen LogP contribution is -3.18. The first kappa shape index (κ1) is 18.8. The molecule has 22 heavy (non-hydrogen) atoms. The average Bonchev–Trinajstić information content (AvgIpc) is 2.44. The molecule has 1 rings (SSSR count). The van der Waals surface area contributed by atoms with E-state index < -0.39 is 0 Å². The number of rotatable bonds is 8. The van der Waals surface area contributed by atoms with E-state index in [2.05, 4.69) is 33.0 Å². The van der Waals surface area contributed by atoms with Crippen LogP contribution >= 0.6 is 11.6 Å². The van der Waals surface area contributed by atoms with Crippen LogP contribution in [-0.4, -0.2) is 37.7 Å². The summed E-state index contributed by atoms with van der Waals surface area (Å²) in [6.07, 6.45) is 0. The molecule has 124 valence electrons. The van der Waals surface area contributed by atoms with Crippen molar-refractivity contribution in [3.05, 3.63) is 28.8 Å². The Morgan fingerprint density at radius 1 is 1.27 bits per heavy atom. The normalized spacial score (nSPS) is 11.3. The van der Waals surface area contributed by atoms with E-state index in [0.717, 1.165) is 12.1 Å². The van der Waals surface area contributed by atoms with Gasteiger partial charge in [0.25, 0.3) is 5.91 Å². The first-order valence-corrected chi connectivity index (χ1v) is 8.20. The molecular formula is C17H28ClN2O2+. The number of nitrogens with one attached hydrogen (secondary N) is 2. The fourth-order valence-corrected chi connectivity index (χ4v) is 2.61. The number of carbonyl (C=O) groups is 1. The van der Waals surface area contributed by atoms with Gasteiger partial charge in [-0.2, -0.15) is 0 Å². The van der Waals surface area contributed by atoms with Gasteiger partial charge in [0.05, 0.1) is 25.2 Å². The second kappa shape index (κ2) is 9.01. The zero-order valence-corrected chi connectivity index (χ0v) is 15.0. The summed E-state index contributed by atoms with van der Waals surface area (Å²) < 4.78 is 5.48. The lowest BCUT2D eigenvalue weighted by atomic mass is 10.2. The van der Waals surface area contributed by atoms with Gasteiger partial charge >= 0.3 is 0 Å². The first-order valence-electron chi connectivity index (χ1n) is 7.82. The van der Waals surface area contributed by atoms with Crippen LogP contribution in [0.1, 0.15) is 33.3 Å². The second-order valence-corrected chi connectivity index (χ2v) is 6.59. The van der Waals surface area contributed by atoms with Crippen LogP contribution in [0.5, 0.6) is 5.75 Å². The smallest absolute Gasteiger partial charge is 0.258 e. The van der Waals surface area contributed by atoms with Crippen molar-refractivity contribution in [3.8, 4) is 5.75 Å². The summed E-state index contributed by atoms with van der Waals surface area (Å²) in [7, 11) is 0. The SMILES string of the molecule is Cc1cc(OCC(=O)NCC[NH+](C(C)C)C(C)C)ccc1Cl. The number of carbonyl (C=O) groups excluding carboxylic acids is 1. The zero-order chi connectivity index (χ0) is 16.7. The van der Waals surface area contributed by atoms with Gasteiger partial charge in [-0.25, -0.2) is 0 Å². The summed E-state index contributed by atoms with van der Waals surface area (Å²) >= 11 is 5.96. The van der Waals surface area contributed by atoms with Crippen molar-refractivity contribution in [2.24, 2.45) is 0 Å². The summed E-state index contributed by atoms with van der Waals surface area (Å²) in [5, 5.41) is 3.60. The van der Waals surface area contributed by atoms with E-state index in [9.17, 15) is 4.79 Å². The number of ether oxygens (including phenoxy) is 1. The minimum absolute atomic E-state index is 0.0275. The Balaban J connectivity index is 2.33. The van der Waals surface area contributed by atoms with E-state index in [-0.39, 0.29) is 12.5 Å². The van der Waals surface area contributed by atoms with Crippen LogP contribution in [0.3, 0.4) is 0 Å². The summed E-state index contributed by atoms with van der Waals surface area (Å²) in [5.41, 5.74) is 0.938. The molecule has 1 aromatic rings. The van der Waals surface area contributed by atoms with E-state index >= 15 is 0 Å². The predicted molar refractivity (Wildman–Crippen MR) is 90.8 cm³/mol. The van der Waals surface area contributed by atoms with Gasteiger partial charge in [-0.1, -0.05) is 11.6 Å². The number of halogens is 1. The Morgan fingerprint density at radius 2 is 1.91 bits per heavy atom. The molecule has 0 aliphatic heterocycles. The molecule has 0 atom stereocenters. The fourth-order valence-electron chi connectivity index (χ4n) is 2.50. The molecule has 1 amide bonds. The summed E-state index contributed by atoms with van der Waals surface area (Å²) in [5.74, 6) is 0.563. The zero-order valence-electron chi connectivity index (χ0n) is 14.2. The van der Waals surface area contributed by atoms with Gasteiger partial charge in [0.15, 0.2) is 6.61 Å². The van der Waals surface area contributed by atoms with Gasteiger partial charge in [-0.15, -0.1) is 0 Å². The van der Waals surface area contributed by atoms with E-state index in [0.29, 0.717) is 29.4 Å². The van der Waals surface area contributed by atoms with Crippen molar-refractivity contribution in [2.45, 2.75) is 46.7 Å². The molecule has 0 aromatic heterocycles. The van der Waals surface area contributed by atoms with E-state index in [1.54, 1.807) is 12.1 Å². The number of hydrogen-bond acceptors (Lipinski definition) is 2. The van der Waals surface area contributed by atoms with E-state index in [1.165, 1.54) is 4.90 Å². The molecule has 0 fully saturated rings. The Kier molecular flexibility index (Phi) is 7.69. The Hall–Kier alpha value is -1.26. The summed E-state index contributed by atoms with van der Waals surface area (Å²) in [4.78, 5) is 13.3. The molecule has 5 heteroatoms. The molecule has 1 aromatic carbocycles. The van der Waals surface area contributed by atoms with Crippen LogP contribution < -0.4 is 15.0 Å². The fraction of sp³-hybridized carbons (Fsp3) is 0.588. The molecule has 0 heterocycles. The van der Waals surface area contributed by atoms with Crippen molar-refractivity contribution >= 4 is 17.5 Å². The quantitative estimate of drug-likeness (QED) is 0.765. The number of benzene rings is 1. The van der Waals surface area contributed by atoms with Crippen LogP contribution in [0, 0.1) is 6.92 Å². The highest BCUT2D eigenvalue weighted by atomic mass is 35.5. The van der Waals surface area contributed by atoms with Crippen molar-refractivity contribution in [3.63, 3.8) is 0 Å². The van der Waals surface area contributed by atoms with Crippen molar-refractivity contribution in [1.29, 1.82) is 0 Å². The molecule has 0 aliphatic rings. The lowest BCUT2D eigenvalue weighted by Gasteiger charge is -2.27. The maximum Gasteiger partial charge on any atom is 0.258 e. The summed E-state index contributed by atoms with van der Waals surface area (Å²) in [6.45, 7) is 12.3. The highest BCUT2D eigenvalue weighted by molar-refractivity contribution is 6.31. The molecular weight excluding hydrogens is 300 g/mol. The van der Waals surface area contributed by atoms with Crippen molar-refractivity contribution in [2.75, 3.05) is 19.7 Å². The van der Waals surface area contributed by atoms with Gasteiger partial charge in [0.1, 0.15) is 5.75 Å². The van der Waals surface area contributed by atoms with Crippen LogP contribution in [0.25, 0.3) is 0 Å². The molecule has 0 unspecified atom stereocenters. The Morgan fingerprint density at radius 3 is 2.45 bits per heavy atom. The van der Waals surface area contributed by atoms with Gasteiger partial charge in [0.2, 0.25) is 0 Å². The third-order valence-corrected chi connectivity index (χ3v) is 4.14. The molecule has 0 bridgehead atoms. The molecule has 4 nitrogen and oxygen atoms in total. The Labute approximate surface area is 138 Å². The maximum atomic E-state index is 11.8. The van der Waals surface area contributed by atoms with Crippen molar-refractivity contribution < 1.29 is 14.4 Å². The third kappa shape index (κ3) is 6.24. The topological polar surface area (TPSA) is 42.8 Å². The highest BCUT2D eigenvalue weighted by Gasteiger charge is 2.16. The highest BCUT2D eigenvalue weighted by Crippen LogP contribution is 2.20. The number of aryl methyl sites for hydroxylation is 1. The van der Waals surface area contributed by atoms with Gasteiger partial charge < -0.3 is 15.0 Å². The number of quaternary nitrogens is 1. The summed E-state index contributed by atoms with van der Waals surface area (Å²) in [6, 6.07) is 6.47. The molecule has 0 saturated carbocycles. The molecule has 0 aliphatic carbocycles. The predicted octanol–water partition coefficient (Wildman–Crippen LogP) is 1.85.